The smallest absolute Gasteiger partial charge is 0.281 e. The molecule has 124 valence electrons. The fraction of sp³-hybridized carbons (Fsp3) is 0.0588. The number of nitro groups is 1. The van der Waals surface area contributed by atoms with E-state index in [1.165, 1.54) is 23.5 Å². The summed E-state index contributed by atoms with van der Waals surface area (Å²) in [7, 11) is 0. The van der Waals surface area contributed by atoms with Crippen molar-refractivity contribution < 1.29 is 9.34 Å². The summed E-state index contributed by atoms with van der Waals surface area (Å²) in [5.74, 6) is 0.728. The van der Waals surface area contributed by atoms with Gasteiger partial charge in [0, 0.05) is 28.2 Å². The van der Waals surface area contributed by atoms with Gasteiger partial charge in [-0.3, -0.25) is 10.1 Å². The van der Waals surface area contributed by atoms with Crippen molar-refractivity contribution in [3.05, 3.63) is 67.3 Å². The number of rotatable bonds is 4. The second kappa shape index (κ2) is 6.89. The van der Waals surface area contributed by atoms with Gasteiger partial charge in [0.2, 0.25) is 0 Å². The monoisotopic (exact) mass is 371 g/mol. The van der Waals surface area contributed by atoms with Crippen LogP contribution in [-0.4, -0.2) is 9.91 Å². The molecule has 25 heavy (non-hydrogen) atoms. The molecule has 0 spiro atoms. The van der Waals surface area contributed by atoms with E-state index in [0.29, 0.717) is 27.7 Å². The van der Waals surface area contributed by atoms with Crippen LogP contribution in [0.15, 0.2) is 40.1 Å². The lowest BCUT2D eigenvalue weighted by atomic mass is 10.1. The number of nitrogens with zero attached hydrogens (tertiary/aromatic N) is 3. The lowest BCUT2D eigenvalue weighted by Crippen LogP contribution is -1.91. The van der Waals surface area contributed by atoms with E-state index in [1.807, 2.05) is 12.3 Å². The summed E-state index contributed by atoms with van der Waals surface area (Å²) in [5.41, 5.74) is 1.37. The average molecular weight is 372 g/mol. The van der Waals surface area contributed by atoms with E-state index in [4.69, 9.17) is 16.0 Å². The van der Waals surface area contributed by atoms with Gasteiger partial charge in [-0.25, -0.2) is 4.98 Å². The molecule has 0 saturated carbocycles. The van der Waals surface area contributed by atoms with Crippen LogP contribution in [0.25, 0.3) is 23.0 Å². The maximum atomic E-state index is 11.2. The predicted octanol–water partition coefficient (Wildman–Crippen LogP) is 5.34. The first kappa shape index (κ1) is 16.9. The van der Waals surface area contributed by atoms with Crippen LogP contribution < -0.4 is 0 Å². The highest BCUT2D eigenvalue weighted by atomic mass is 35.5. The van der Waals surface area contributed by atoms with Crippen LogP contribution in [0.5, 0.6) is 0 Å². The summed E-state index contributed by atoms with van der Waals surface area (Å²) >= 11 is 7.19. The molecule has 0 radical (unpaired) electrons. The first-order chi connectivity index (χ1) is 12.0. The molecule has 0 aliphatic carbocycles. The minimum absolute atomic E-state index is 0.145. The van der Waals surface area contributed by atoms with Gasteiger partial charge < -0.3 is 4.42 Å². The average Bonchev–Trinajstić information content (AvgIpc) is 3.21. The zero-order chi connectivity index (χ0) is 18.0. The van der Waals surface area contributed by atoms with Crippen LogP contribution in [-0.2, 0) is 0 Å². The summed E-state index contributed by atoms with van der Waals surface area (Å²) in [6.45, 7) is 1.85. The number of aromatic nitrogens is 1. The molecule has 0 N–H and O–H groups in total. The van der Waals surface area contributed by atoms with Crippen LogP contribution in [0.2, 0.25) is 5.02 Å². The maximum Gasteiger partial charge on any atom is 0.281 e. The fourth-order valence-electron chi connectivity index (χ4n) is 2.20. The van der Waals surface area contributed by atoms with Gasteiger partial charge in [-0.15, -0.1) is 11.3 Å². The molecular weight excluding hydrogens is 362 g/mol. The Morgan fingerprint density at radius 3 is 2.88 bits per heavy atom. The largest absolute Gasteiger partial charge is 0.456 e. The first-order valence-electron chi connectivity index (χ1n) is 7.06. The molecule has 8 heteroatoms. The second-order valence-electron chi connectivity index (χ2n) is 5.08. The van der Waals surface area contributed by atoms with Crippen molar-refractivity contribution in [2.75, 3.05) is 0 Å². The van der Waals surface area contributed by atoms with E-state index in [0.717, 1.165) is 5.69 Å². The molecule has 6 nitrogen and oxygen atoms in total. The number of thiazole rings is 1. The minimum atomic E-state index is -0.516. The molecule has 0 fully saturated rings. The molecule has 1 aromatic carbocycles. The first-order valence-corrected chi connectivity index (χ1v) is 8.32. The second-order valence-corrected chi connectivity index (χ2v) is 6.38. The SMILES string of the molecule is Cc1csc(/C(C#N)=C/c2ccc(-c3ccc(Cl)cc3[N+](=O)[O-])o2)n1. The van der Waals surface area contributed by atoms with Crippen molar-refractivity contribution in [2.24, 2.45) is 0 Å². The van der Waals surface area contributed by atoms with Crippen LogP contribution in [0.1, 0.15) is 16.5 Å². The van der Waals surface area contributed by atoms with E-state index in [-0.39, 0.29) is 10.7 Å². The van der Waals surface area contributed by atoms with Crippen LogP contribution in [0, 0.1) is 28.4 Å². The summed E-state index contributed by atoms with van der Waals surface area (Å²) in [6, 6.07) is 9.71. The molecule has 0 bridgehead atoms. The number of aryl methyl sites for hydroxylation is 1. The van der Waals surface area contributed by atoms with Gasteiger partial charge in [-0.2, -0.15) is 5.26 Å². The minimum Gasteiger partial charge on any atom is -0.456 e. The van der Waals surface area contributed by atoms with Gasteiger partial charge in [0.05, 0.1) is 16.1 Å². The van der Waals surface area contributed by atoms with Crippen molar-refractivity contribution in [1.29, 1.82) is 5.26 Å². The topological polar surface area (TPSA) is 93.0 Å². The Hall–Kier alpha value is -2.95. The van der Waals surface area contributed by atoms with E-state index >= 15 is 0 Å². The lowest BCUT2D eigenvalue weighted by molar-refractivity contribution is -0.384. The summed E-state index contributed by atoms with van der Waals surface area (Å²) in [4.78, 5) is 15.0. The number of hydrogen-bond acceptors (Lipinski definition) is 6. The van der Waals surface area contributed by atoms with Crippen molar-refractivity contribution in [3.63, 3.8) is 0 Å². The quantitative estimate of drug-likeness (QED) is 0.350. The van der Waals surface area contributed by atoms with Crippen molar-refractivity contribution in [3.8, 4) is 17.4 Å². The Kier molecular flexibility index (Phi) is 4.65. The zero-order valence-corrected chi connectivity index (χ0v) is 14.5. The molecule has 2 aromatic heterocycles. The van der Waals surface area contributed by atoms with E-state index in [9.17, 15) is 15.4 Å². The van der Waals surface area contributed by atoms with E-state index in [1.54, 1.807) is 24.3 Å². The molecule has 0 unspecified atom stereocenters. The molecule has 3 aromatic rings. The van der Waals surface area contributed by atoms with Gasteiger partial charge in [-0.1, -0.05) is 11.6 Å². The summed E-state index contributed by atoms with van der Waals surface area (Å²) in [6.07, 6.45) is 1.56. The highest BCUT2D eigenvalue weighted by molar-refractivity contribution is 7.11. The van der Waals surface area contributed by atoms with Gasteiger partial charge in [0.1, 0.15) is 22.6 Å². The summed E-state index contributed by atoms with van der Waals surface area (Å²) < 4.78 is 5.66. The lowest BCUT2D eigenvalue weighted by Gasteiger charge is -2.00. The Bertz CT molecular complexity index is 1030. The maximum absolute atomic E-state index is 11.2. The van der Waals surface area contributed by atoms with Crippen molar-refractivity contribution >= 4 is 40.3 Å². The van der Waals surface area contributed by atoms with Crippen LogP contribution >= 0.6 is 22.9 Å². The van der Waals surface area contributed by atoms with Gasteiger partial charge >= 0.3 is 0 Å². The molecule has 0 saturated heterocycles. The number of nitriles is 1. The third-order valence-electron chi connectivity index (χ3n) is 3.31. The molecule has 0 aliphatic heterocycles. The molecule has 3 rings (SSSR count). The predicted molar refractivity (Wildman–Crippen MR) is 96.1 cm³/mol. The van der Waals surface area contributed by atoms with Crippen LogP contribution in [0.3, 0.4) is 0 Å². The van der Waals surface area contributed by atoms with Gasteiger partial charge in [0.15, 0.2) is 0 Å². The normalized spacial score (nSPS) is 11.3. The fourth-order valence-corrected chi connectivity index (χ4v) is 3.13. The standard InChI is InChI=1S/C17H10ClN3O3S/c1-10-9-25-17(20-10)11(8-19)6-13-3-5-16(24-13)14-4-2-12(18)7-15(14)21(22)23/h2-7,9H,1H3/b11-6+. The number of halogens is 1. The molecule has 0 amide bonds. The molecule has 2 heterocycles. The Morgan fingerprint density at radius 2 is 2.24 bits per heavy atom. The van der Waals surface area contributed by atoms with E-state index in [2.05, 4.69) is 11.1 Å². The number of allylic oxidation sites excluding steroid dienone is 1. The van der Waals surface area contributed by atoms with Crippen molar-refractivity contribution in [2.45, 2.75) is 6.92 Å². The zero-order valence-electron chi connectivity index (χ0n) is 12.9. The number of benzene rings is 1. The van der Waals surface area contributed by atoms with Gasteiger partial charge in [0.25, 0.3) is 5.69 Å². The molecule has 0 aliphatic rings. The van der Waals surface area contributed by atoms with E-state index < -0.39 is 4.92 Å². The Labute approximate surface area is 151 Å². The Morgan fingerprint density at radius 1 is 1.44 bits per heavy atom. The molecule has 0 atom stereocenters. The van der Waals surface area contributed by atoms with Gasteiger partial charge in [-0.05, 0) is 31.2 Å². The van der Waals surface area contributed by atoms with Crippen LogP contribution in [0.4, 0.5) is 5.69 Å². The van der Waals surface area contributed by atoms with Crippen molar-refractivity contribution in [1.82, 2.24) is 4.98 Å². The third-order valence-corrected chi connectivity index (χ3v) is 4.53. The number of furan rings is 1. The summed E-state index contributed by atoms with van der Waals surface area (Å²) in [5, 5.41) is 23.2. The highest BCUT2D eigenvalue weighted by Gasteiger charge is 2.18. The number of nitro benzene ring substituents is 1. The molecular formula is C17H10ClN3O3S. The highest BCUT2D eigenvalue weighted by Crippen LogP contribution is 2.34. The Balaban J connectivity index is 2.00. The number of hydrogen-bond donors (Lipinski definition) is 0. The third kappa shape index (κ3) is 3.60.